The Bertz CT molecular complexity index is 1260. The van der Waals surface area contributed by atoms with Gasteiger partial charge in [0.1, 0.15) is 40.4 Å². The van der Waals surface area contributed by atoms with Crippen molar-refractivity contribution in [1.82, 2.24) is 10.3 Å². The second-order valence-corrected chi connectivity index (χ2v) is 8.31. The van der Waals surface area contributed by atoms with E-state index in [9.17, 15) is 13.6 Å². The molecule has 0 aliphatic carbocycles. The van der Waals surface area contributed by atoms with Gasteiger partial charge < -0.3 is 14.8 Å². The maximum atomic E-state index is 14.7. The molecule has 1 aromatic heterocycles. The van der Waals surface area contributed by atoms with Crippen LogP contribution in [-0.4, -0.2) is 24.5 Å². The summed E-state index contributed by atoms with van der Waals surface area (Å²) >= 11 is 1.19. The zero-order valence-corrected chi connectivity index (χ0v) is 19.2. The minimum atomic E-state index is -0.502. The van der Waals surface area contributed by atoms with Gasteiger partial charge in [-0.3, -0.25) is 4.79 Å². The molecule has 0 aliphatic rings. The van der Waals surface area contributed by atoms with Gasteiger partial charge in [-0.05, 0) is 53.9 Å². The molecule has 0 spiro atoms. The van der Waals surface area contributed by atoms with Crippen LogP contribution in [0.3, 0.4) is 0 Å². The smallest absolute Gasteiger partial charge is 0.270 e. The fourth-order valence-corrected chi connectivity index (χ4v) is 4.04. The van der Waals surface area contributed by atoms with Crippen LogP contribution in [0.2, 0.25) is 0 Å². The molecule has 4 rings (SSSR count). The molecule has 0 bridgehead atoms. The van der Waals surface area contributed by atoms with E-state index in [4.69, 9.17) is 9.47 Å². The van der Waals surface area contributed by atoms with Crippen LogP contribution in [0, 0.1) is 11.6 Å². The number of carbonyl (C=O) groups excluding carboxylic acids is 1. The third-order valence-electron chi connectivity index (χ3n) is 5.08. The molecule has 0 atom stereocenters. The molecule has 0 aliphatic heterocycles. The Morgan fingerprint density at radius 2 is 1.68 bits per heavy atom. The summed E-state index contributed by atoms with van der Waals surface area (Å²) in [5.74, 6) is -0.0119. The van der Waals surface area contributed by atoms with Crippen LogP contribution in [-0.2, 0) is 13.0 Å². The average Bonchev–Trinajstić information content (AvgIpc) is 3.34. The lowest BCUT2D eigenvalue weighted by Gasteiger charge is -2.08. The number of hydrogen-bond acceptors (Lipinski definition) is 5. The van der Waals surface area contributed by atoms with Crippen LogP contribution in [0.5, 0.6) is 11.5 Å². The van der Waals surface area contributed by atoms with Gasteiger partial charge in [-0.1, -0.05) is 24.3 Å². The number of aromatic nitrogens is 1. The normalized spacial score (nSPS) is 10.7. The molecule has 0 saturated heterocycles. The van der Waals surface area contributed by atoms with Gasteiger partial charge in [-0.2, -0.15) is 0 Å². The second-order valence-electron chi connectivity index (χ2n) is 7.45. The minimum Gasteiger partial charge on any atom is -0.497 e. The Morgan fingerprint density at radius 1 is 0.971 bits per heavy atom. The highest BCUT2D eigenvalue weighted by Crippen LogP contribution is 2.29. The van der Waals surface area contributed by atoms with E-state index in [2.05, 4.69) is 10.3 Å². The number of nitrogens with zero attached hydrogens (tertiary/aromatic N) is 1. The van der Waals surface area contributed by atoms with Gasteiger partial charge in [0.05, 0.1) is 7.11 Å². The molecule has 1 N–H and O–H groups in total. The molecule has 3 aromatic carbocycles. The average molecular weight is 481 g/mol. The summed E-state index contributed by atoms with van der Waals surface area (Å²) in [7, 11) is 1.61. The molecule has 0 unspecified atom stereocenters. The van der Waals surface area contributed by atoms with Gasteiger partial charge in [0.2, 0.25) is 0 Å². The van der Waals surface area contributed by atoms with E-state index in [0.717, 1.165) is 16.9 Å². The van der Waals surface area contributed by atoms with Crippen molar-refractivity contribution < 1.29 is 23.0 Å². The van der Waals surface area contributed by atoms with Gasteiger partial charge in [0.25, 0.3) is 5.91 Å². The van der Waals surface area contributed by atoms with E-state index < -0.39 is 5.82 Å². The maximum Gasteiger partial charge on any atom is 0.270 e. The molecule has 5 nitrogen and oxygen atoms in total. The quantitative estimate of drug-likeness (QED) is 0.336. The van der Waals surface area contributed by atoms with Crippen LogP contribution in [0.1, 0.15) is 21.6 Å². The Balaban J connectivity index is 1.33. The highest BCUT2D eigenvalue weighted by Gasteiger charge is 2.15. The van der Waals surface area contributed by atoms with E-state index in [1.54, 1.807) is 36.8 Å². The third kappa shape index (κ3) is 5.96. The summed E-state index contributed by atoms with van der Waals surface area (Å²) < 4.78 is 38.4. The topological polar surface area (TPSA) is 60.5 Å². The third-order valence-corrected chi connectivity index (χ3v) is 5.96. The molecular formula is C26H22F2N2O3S. The molecular weight excluding hydrogens is 458 g/mol. The lowest BCUT2D eigenvalue weighted by Crippen LogP contribution is -2.25. The van der Waals surface area contributed by atoms with Crippen LogP contribution < -0.4 is 14.8 Å². The van der Waals surface area contributed by atoms with Crippen molar-refractivity contribution in [2.75, 3.05) is 13.7 Å². The second kappa shape index (κ2) is 10.9. The number of benzene rings is 3. The van der Waals surface area contributed by atoms with Gasteiger partial charge in [-0.25, -0.2) is 13.8 Å². The van der Waals surface area contributed by atoms with Gasteiger partial charge in [0.15, 0.2) is 0 Å². The number of ether oxygens (including phenoxy) is 2. The first-order valence-electron chi connectivity index (χ1n) is 10.6. The van der Waals surface area contributed by atoms with E-state index >= 15 is 0 Å². The number of carbonyl (C=O) groups is 1. The standard InChI is InChI=1S/C26H22F2N2O3S/c1-32-20-8-4-17(5-9-20)12-13-29-25(31)24-16-34-26(30-24)22-11-10-21(14-23(22)28)33-15-18-2-6-19(27)7-3-18/h2-11,14,16H,12-13,15H2,1H3,(H,29,31). The largest absolute Gasteiger partial charge is 0.497 e. The molecule has 0 fully saturated rings. The van der Waals surface area contributed by atoms with Crippen LogP contribution in [0.15, 0.2) is 72.1 Å². The Hall–Kier alpha value is -3.78. The highest BCUT2D eigenvalue weighted by atomic mass is 32.1. The molecule has 174 valence electrons. The lowest BCUT2D eigenvalue weighted by molar-refractivity contribution is 0.0950. The Kier molecular flexibility index (Phi) is 7.49. The SMILES string of the molecule is COc1ccc(CCNC(=O)c2csc(-c3ccc(OCc4ccc(F)cc4)cc3F)n2)cc1. The fourth-order valence-electron chi connectivity index (χ4n) is 3.21. The predicted octanol–water partition coefficient (Wildman–Crippen LogP) is 5.65. The summed E-state index contributed by atoms with van der Waals surface area (Å²) in [6.07, 6.45) is 0.667. The predicted molar refractivity (Wildman–Crippen MR) is 127 cm³/mol. The van der Waals surface area contributed by atoms with E-state index in [1.807, 2.05) is 24.3 Å². The van der Waals surface area contributed by atoms with Crippen molar-refractivity contribution in [3.05, 3.63) is 101 Å². The van der Waals surface area contributed by atoms with Crippen molar-refractivity contribution in [2.45, 2.75) is 13.0 Å². The maximum absolute atomic E-state index is 14.7. The minimum absolute atomic E-state index is 0.192. The molecule has 0 saturated carbocycles. The number of halogens is 2. The summed E-state index contributed by atoms with van der Waals surface area (Å²) in [6, 6.07) is 18.0. The van der Waals surface area contributed by atoms with Gasteiger partial charge >= 0.3 is 0 Å². The lowest BCUT2D eigenvalue weighted by atomic mass is 10.1. The monoisotopic (exact) mass is 480 g/mol. The van der Waals surface area contributed by atoms with Crippen molar-refractivity contribution in [2.24, 2.45) is 0 Å². The van der Waals surface area contributed by atoms with E-state index in [0.29, 0.717) is 23.7 Å². The molecule has 34 heavy (non-hydrogen) atoms. The van der Waals surface area contributed by atoms with Crippen molar-refractivity contribution >= 4 is 17.2 Å². The summed E-state index contributed by atoms with van der Waals surface area (Å²) in [4.78, 5) is 16.7. The Morgan fingerprint density at radius 3 is 2.38 bits per heavy atom. The van der Waals surface area contributed by atoms with Crippen molar-refractivity contribution in [3.63, 3.8) is 0 Å². The van der Waals surface area contributed by atoms with Crippen LogP contribution >= 0.6 is 11.3 Å². The zero-order chi connectivity index (χ0) is 23.9. The van der Waals surface area contributed by atoms with Crippen molar-refractivity contribution in [3.8, 4) is 22.1 Å². The van der Waals surface area contributed by atoms with E-state index in [1.165, 1.54) is 29.5 Å². The Labute approximate surface area is 200 Å². The molecule has 0 radical (unpaired) electrons. The van der Waals surface area contributed by atoms with Crippen LogP contribution in [0.4, 0.5) is 8.78 Å². The number of rotatable bonds is 9. The van der Waals surface area contributed by atoms with E-state index in [-0.39, 0.29) is 29.6 Å². The number of thiazole rings is 1. The fraction of sp³-hybridized carbons (Fsp3) is 0.154. The number of hydrogen-bond donors (Lipinski definition) is 1. The number of amides is 1. The van der Waals surface area contributed by atoms with Gasteiger partial charge in [0, 0.05) is 23.6 Å². The molecule has 1 heterocycles. The first-order valence-corrected chi connectivity index (χ1v) is 11.4. The zero-order valence-electron chi connectivity index (χ0n) is 18.4. The first-order chi connectivity index (χ1) is 16.5. The highest BCUT2D eigenvalue weighted by molar-refractivity contribution is 7.13. The number of nitrogens with one attached hydrogen (secondary N) is 1. The summed E-state index contributed by atoms with van der Waals surface area (Å²) in [5, 5.41) is 4.85. The first kappa shape index (κ1) is 23.4. The van der Waals surface area contributed by atoms with Crippen molar-refractivity contribution in [1.29, 1.82) is 0 Å². The summed E-state index contributed by atoms with van der Waals surface area (Å²) in [6.45, 7) is 0.642. The molecule has 4 aromatic rings. The molecule has 1 amide bonds. The van der Waals surface area contributed by atoms with Gasteiger partial charge in [-0.15, -0.1) is 11.3 Å². The number of methoxy groups -OCH3 is 1. The van der Waals surface area contributed by atoms with Crippen LogP contribution in [0.25, 0.3) is 10.6 Å². The molecule has 8 heteroatoms. The summed E-state index contributed by atoms with van der Waals surface area (Å²) in [5.41, 5.74) is 2.37.